The molecule has 0 amide bonds. The standard InChI is InChI=1S/C22H18N2O4/c1-28-22(25)13-15-9-10-19-18-7-2-3-8-20(18)23(21(19)12-15)14-16-5-4-6-17(11-16)24(26)27/h2-12H,13-14H2,1H3. The number of fused-ring (bicyclic) bond motifs is 3. The Morgan fingerprint density at radius 1 is 0.964 bits per heavy atom. The number of carbonyl (C=O) groups is 1. The van der Waals surface area contributed by atoms with Gasteiger partial charge in [0.2, 0.25) is 0 Å². The molecule has 0 saturated carbocycles. The van der Waals surface area contributed by atoms with Gasteiger partial charge in [-0.1, -0.05) is 42.5 Å². The number of hydrogen-bond acceptors (Lipinski definition) is 4. The number of rotatable bonds is 5. The number of ether oxygens (including phenoxy) is 1. The maximum absolute atomic E-state index is 11.7. The monoisotopic (exact) mass is 374 g/mol. The highest BCUT2D eigenvalue weighted by Crippen LogP contribution is 2.31. The first-order valence-corrected chi connectivity index (χ1v) is 8.87. The Kier molecular flexibility index (Phi) is 4.53. The van der Waals surface area contributed by atoms with Crippen LogP contribution in [-0.4, -0.2) is 22.6 Å². The highest BCUT2D eigenvalue weighted by atomic mass is 16.6. The zero-order valence-corrected chi connectivity index (χ0v) is 15.3. The Labute approximate surface area is 161 Å². The van der Waals surface area contributed by atoms with Crippen LogP contribution in [0, 0.1) is 10.1 Å². The fourth-order valence-electron chi connectivity index (χ4n) is 3.56. The van der Waals surface area contributed by atoms with Crippen LogP contribution < -0.4 is 0 Å². The molecule has 4 aromatic rings. The summed E-state index contributed by atoms with van der Waals surface area (Å²) in [6, 6.07) is 20.7. The summed E-state index contributed by atoms with van der Waals surface area (Å²) in [5.41, 5.74) is 3.80. The average molecular weight is 374 g/mol. The Morgan fingerprint density at radius 3 is 2.54 bits per heavy atom. The number of nitro benzene ring substituents is 1. The molecular formula is C22H18N2O4. The van der Waals surface area contributed by atoms with Crippen LogP contribution in [0.2, 0.25) is 0 Å². The molecule has 0 spiro atoms. The van der Waals surface area contributed by atoms with Gasteiger partial charge in [-0.3, -0.25) is 14.9 Å². The minimum absolute atomic E-state index is 0.0737. The van der Waals surface area contributed by atoms with E-state index >= 15 is 0 Å². The molecule has 28 heavy (non-hydrogen) atoms. The largest absolute Gasteiger partial charge is 0.469 e. The molecule has 4 rings (SSSR count). The van der Waals surface area contributed by atoms with Crippen molar-refractivity contribution in [2.45, 2.75) is 13.0 Å². The third-order valence-electron chi connectivity index (χ3n) is 4.88. The molecule has 6 nitrogen and oxygen atoms in total. The number of hydrogen-bond donors (Lipinski definition) is 0. The van der Waals surface area contributed by atoms with E-state index in [1.165, 1.54) is 13.2 Å². The second-order valence-corrected chi connectivity index (χ2v) is 6.63. The summed E-state index contributed by atoms with van der Waals surface area (Å²) >= 11 is 0. The van der Waals surface area contributed by atoms with Crippen LogP contribution >= 0.6 is 0 Å². The van der Waals surface area contributed by atoms with E-state index in [9.17, 15) is 14.9 Å². The van der Waals surface area contributed by atoms with Crippen LogP contribution in [0.5, 0.6) is 0 Å². The van der Waals surface area contributed by atoms with E-state index in [1.807, 2.05) is 42.5 Å². The number of aromatic nitrogens is 1. The highest BCUT2D eigenvalue weighted by molar-refractivity contribution is 6.08. The molecule has 0 unspecified atom stereocenters. The van der Waals surface area contributed by atoms with Crippen molar-refractivity contribution in [2.24, 2.45) is 0 Å². The minimum Gasteiger partial charge on any atom is -0.469 e. The zero-order chi connectivity index (χ0) is 19.7. The van der Waals surface area contributed by atoms with E-state index in [2.05, 4.69) is 10.6 Å². The maximum Gasteiger partial charge on any atom is 0.309 e. The lowest BCUT2D eigenvalue weighted by Gasteiger charge is -2.09. The summed E-state index contributed by atoms with van der Waals surface area (Å²) in [6.45, 7) is 0.493. The average Bonchev–Trinajstić information content (AvgIpc) is 3.01. The molecule has 0 radical (unpaired) electrons. The van der Waals surface area contributed by atoms with E-state index < -0.39 is 0 Å². The summed E-state index contributed by atoms with van der Waals surface area (Å²) in [6.07, 6.45) is 0.199. The number of carbonyl (C=O) groups excluding carboxylic acids is 1. The molecule has 140 valence electrons. The van der Waals surface area contributed by atoms with Crippen molar-refractivity contribution >= 4 is 33.5 Å². The van der Waals surface area contributed by atoms with Crippen molar-refractivity contribution in [3.05, 3.63) is 88.0 Å². The van der Waals surface area contributed by atoms with Gasteiger partial charge in [-0.2, -0.15) is 0 Å². The first kappa shape index (κ1) is 17.7. The van der Waals surface area contributed by atoms with Crippen LogP contribution in [0.4, 0.5) is 5.69 Å². The van der Waals surface area contributed by atoms with Gasteiger partial charge in [0.05, 0.1) is 18.5 Å². The van der Waals surface area contributed by atoms with Gasteiger partial charge < -0.3 is 9.30 Å². The van der Waals surface area contributed by atoms with Gasteiger partial charge >= 0.3 is 5.97 Å². The van der Waals surface area contributed by atoms with Crippen LogP contribution in [-0.2, 0) is 22.5 Å². The van der Waals surface area contributed by atoms with Gasteiger partial charge in [0.25, 0.3) is 5.69 Å². The molecule has 0 bridgehead atoms. The number of methoxy groups -OCH3 is 1. The molecule has 0 aliphatic carbocycles. The van der Waals surface area contributed by atoms with E-state index in [-0.39, 0.29) is 23.0 Å². The predicted molar refractivity (Wildman–Crippen MR) is 107 cm³/mol. The quantitative estimate of drug-likeness (QED) is 0.293. The number of para-hydroxylation sites is 1. The Bertz CT molecular complexity index is 1210. The topological polar surface area (TPSA) is 74.4 Å². The Morgan fingerprint density at radius 2 is 1.75 bits per heavy atom. The van der Waals surface area contributed by atoms with Crippen molar-refractivity contribution in [3.63, 3.8) is 0 Å². The van der Waals surface area contributed by atoms with Gasteiger partial charge in [-0.25, -0.2) is 0 Å². The van der Waals surface area contributed by atoms with Gasteiger partial charge in [-0.05, 0) is 23.3 Å². The van der Waals surface area contributed by atoms with Crippen molar-refractivity contribution in [1.82, 2.24) is 4.57 Å². The summed E-state index contributed by atoms with van der Waals surface area (Å²) in [7, 11) is 1.38. The smallest absolute Gasteiger partial charge is 0.309 e. The normalized spacial score (nSPS) is 11.0. The van der Waals surface area contributed by atoms with E-state index in [0.29, 0.717) is 6.54 Å². The van der Waals surface area contributed by atoms with E-state index in [0.717, 1.165) is 32.9 Å². The summed E-state index contributed by atoms with van der Waals surface area (Å²) in [4.78, 5) is 22.4. The predicted octanol–water partition coefficient (Wildman–Crippen LogP) is 4.47. The molecule has 0 fully saturated rings. The van der Waals surface area contributed by atoms with Crippen LogP contribution in [0.25, 0.3) is 21.8 Å². The van der Waals surface area contributed by atoms with E-state index in [1.54, 1.807) is 12.1 Å². The van der Waals surface area contributed by atoms with E-state index in [4.69, 9.17) is 4.74 Å². The number of nitro groups is 1. The first-order chi connectivity index (χ1) is 13.6. The van der Waals surface area contributed by atoms with Crippen molar-refractivity contribution < 1.29 is 14.5 Å². The summed E-state index contributed by atoms with van der Waals surface area (Å²) in [5, 5.41) is 13.3. The Hall–Kier alpha value is -3.67. The highest BCUT2D eigenvalue weighted by Gasteiger charge is 2.14. The van der Waals surface area contributed by atoms with Crippen LogP contribution in [0.15, 0.2) is 66.7 Å². The third kappa shape index (κ3) is 3.20. The van der Waals surface area contributed by atoms with Crippen LogP contribution in [0.1, 0.15) is 11.1 Å². The number of non-ortho nitro benzene ring substituents is 1. The molecule has 3 aromatic carbocycles. The summed E-state index contributed by atoms with van der Waals surface area (Å²) < 4.78 is 6.91. The number of nitrogens with zero attached hydrogens (tertiary/aromatic N) is 2. The Balaban J connectivity index is 1.86. The second-order valence-electron chi connectivity index (χ2n) is 6.63. The molecule has 0 aliphatic rings. The summed E-state index contributed by atoms with van der Waals surface area (Å²) in [5.74, 6) is -0.291. The first-order valence-electron chi connectivity index (χ1n) is 8.87. The van der Waals surface area contributed by atoms with Crippen molar-refractivity contribution in [2.75, 3.05) is 7.11 Å². The maximum atomic E-state index is 11.7. The molecule has 0 saturated heterocycles. The SMILES string of the molecule is COC(=O)Cc1ccc2c3ccccc3n(Cc3cccc([N+](=O)[O-])c3)c2c1. The lowest BCUT2D eigenvalue weighted by atomic mass is 10.1. The van der Waals surface area contributed by atoms with Gasteiger partial charge in [0.1, 0.15) is 0 Å². The molecule has 6 heteroatoms. The van der Waals surface area contributed by atoms with Crippen molar-refractivity contribution in [1.29, 1.82) is 0 Å². The number of esters is 1. The molecular weight excluding hydrogens is 356 g/mol. The number of benzene rings is 3. The van der Waals surface area contributed by atoms with Crippen molar-refractivity contribution in [3.8, 4) is 0 Å². The van der Waals surface area contributed by atoms with Crippen LogP contribution in [0.3, 0.4) is 0 Å². The van der Waals surface area contributed by atoms with Gasteiger partial charge in [-0.15, -0.1) is 0 Å². The molecule has 0 N–H and O–H groups in total. The molecule has 0 aliphatic heterocycles. The molecule has 1 aromatic heterocycles. The fraction of sp³-hybridized carbons (Fsp3) is 0.136. The third-order valence-corrected chi connectivity index (χ3v) is 4.88. The second kappa shape index (κ2) is 7.15. The lowest BCUT2D eigenvalue weighted by Crippen LogP contribution is -2.05. The molecule has 1 heterocycles. The minimum atomic E-state index is -0.385. The van der Waals surface area contributed by atoms with Gasteiger partial charge in [0, 0.05) is 40.5 Å². The zero-order valence-electron chi connectivity index (χ0n) is 15.3. The molecule has 0 atom stereocenters. The van der Waals surface area contributed by atoms with Gasteiger partial charge in [0.15, 0.2) is 0 Å². The fourth-order valence-corrected chi connectivity index (χ4v) is 3.56. The lowest BCUT2D eigenvalue weighted by molar-refractivity contribution is -0.384.